The van der Waals surface area contributed by atoms with E-state index in [-0.39, 0.29) is 5.82 Å². The fraction of sp³-hybridized carbons (Fsp3) is 0.667. The number of rotatable bonds is 6. The van der Waals surface area contributed by atoms with Gasteiger partial charge in [0.2, 0.25) is 0 Å². The Labute approximate surface area is 128 Å². The van der Waals surface area contributed by atoms with E-state index in [0.717, 1.165) is 37.8 Å². The molecule has 2 nitrogen and oxygen atoms in total. The third-order valence-electron chi connectivity index (χ3n) is 4.71. The number of hydrogen-bond donors (Lipinski definition) is 1. The molecule has 2 rings (SSSR count). The Hall–Kier alpha value is -0.930. The zero-order chi connectivity index (χ0) is 15.2. The van der Waals surface area contributed by atoms with Crippen LogP contribution in [0, 0.1) is 5.82 Å². The number of benzene rings is 1. The van der Waals surface area contributed by atoms with E-state index in [1.54, 1.807) is 6.07 Å². The van der Waals surface area contributed by atoms with Crippen molar-refractivity contribution in [3.05, 3.63) is 35.6 Å². The van der Waals surface area contributed by atoms with Gasteiger partial charge in [-0.3, -0.25) is 4.90 Å². The standard InChI is InChI=1S/C18H29FN2/c1-3-12-21(17-10-8-16(20)9-11-17)18(4-2)14-6-5-7-15(19)13-14/h5-7,13,16-18H,3-4,8-12,20H2,1-2H3. The Balaban J connectivity index is 2.17. The molecule has 118 valence electrons. The fourth-order valence-electron chi connectivity index (χ4n) is 3.66. The van der Waals surface area contributed by atoms with Crippen LogP contribution < -0.4 is 5.73 Å². The molecule has 0 spiro atoms. The first-order valence-corrected chi connectivity index (χ1v) is 8.42. The fourth-order valence-corrected chi connectivity index (χ4v) is 3.66. The normalized spacial score (nSPS) is 24.2. The van der Waals surface area contributed by atoms with Crippen molar-refractivity contribution in [1.29, 1.82) is 0 Å². The molecule has 2 N–H and O–H groups in total. The highest BCUT2D eigenvalue weighted by Gasteiger charge is 2.29. The van der Waals surface area contributed by atoms with Gasteiger partial charge < -0.3 is 5.73 Å². The van der Waals surface area contributed by atoms with Gasteiger partial charge in [-0.25, -0.2) is 4.39 Å². The lowest BCUT2D eigenvalue weighted by Gasteiger charge is -2.41. The molecule has 0 bridgehead atoms. The third kappa shape index (κ3) is 4.27. The summed E-state index contributed by atoms with van der Waals surface area (Å²) < 4.78 is 13.6. The third-order valence-corrected chi connectivity index (χ3v) is 4.71. The van der Waals surface area contributed by atoms with E-state index in [2.05, 4.69) is 24.8 Å². The van der Waals surface area contributed by atoms with Gasteiger partial charge in [0.1, 0.15) is 5.82 Å². The average Bonchev–Trinajstić information content (AvgIpc) is 2.48. The van der Waals surface area contributed by atoms with Gasteiger partial charge in [-0.1, -0.05) is 26.0 Å². The Morgan fingerprint density at radius 3 is 2.52 bits per heavy atom. The molecule has 1 unspecified atom stereocenters. The largest absolute Gasteiger partial charge is 0.328 e. The summed E-state index contributed by atoms with van der Waals surface area (Å²) in [5.74, 6) is -0.131. The van der Waals surface area contributed by atoms with Gasteiger partial charge in [0.15, 0.2) is 0 Å². The summed E-state index contributed by atoms with van der Waals surface area (Å²) in [6.45, 7) is 5.50. The van der Waals surface area contributed by atoms with Crippen LogP contribution >= 0.6 is 0 Å². The highest BCUT2D eigenvalue weighted by molar-refractivity contribution is 5.20. The molecule has 1 aliphatic carbocycles. The maximum atomic E-state index is 13.6. The molecular formula is C18H29FN2. The molecule has 0 radical (unpaired) electrons. The van der Waals surface area contributed by atoms with Gasteiger partial charge in [-0.2, -0.15) is 0 Å². The summed E-state index contributed by atoms with van der Waals surface area (Å²) in [4.78, 5) is 2.60. The van der Waals surface area contributed by atoms with Crippen LogP contribution in [0.15, 0.2) is 24.3 Å². The second-order valence-corrected chi connectivity index (χ2v) is 6.29. The van der Waals surface area contributed by atoms with Crippen molar-refractivity contribution in [3.8, 4) is 0 Å². The summed E-state index contributed by atoms with van der Waals surface area (Å²) in [5.41, 5.74) is 7.15. The first-order valence-electron chi connectivity index (χ1n) is 8.42. The summed E-state index contributed by atoms with van der Waals surface area (Å²) >= 11 is 0. The topological polar surface area (TPSA) is 29.3 Å². The maximum Gasteiger partial charge on any atom is 0.123 e. The molecule has 0 heterocycles. The van der Waals surface area contributed by atoms with E-state index in [4.69, 9.17) is 5.73 Å². The zero-order valence-electron chi connectivity index (χ0n) is 13.4. The van der Waals surface area contributed by atoms with Gasteiger partial charge in [0, 0.05) is 18.1 Å². The monoisotopic (exact) mass is 292 g/mol. The van der Waals surface area contributed by atoms with Crippen molar-refractivity contribution in [2.45, 2.75) is 70.5 Å². The van der Waals surface area contributed by atoms with Crippen LogP contribution in [0.3, 0.4) is 0 Å². The molecule has 1 atom stereocenters. The van der Waals surface area contributed by atoms with Crippen molar-refractivity contribution in [3.63, 3.8) is 0 Å². The molecule has 1 aromatic rings. The lowest BCUT2D eigenvalue weighted by molar-refractivity contribution is 0.0960. The van der Waals surface area contributed by atoms with Gasteiger partial charge in [0.25, 0.3) is 0 Å². The Kier molecular flexibility index (Phi) is 6.19. The Morgan fingerprint density at radius 1 is 1.24 bits per heavy atom. The van der Waals surface area contributed by atoms with Gasteiger partial charge in [-0.05, 0) is 62.8 Å². The van der Waals surface area contributed by atoms with Crippen molar-refractivity contribution in [2.24, 2.45) is 5.73 Å². The second-order valence-electron chi connectivity index (χ2n) is 6.29. The molecule has 1 aliphatic rings. The number of nitrogens with zero attached hydrogens (tertiary/aromatic N) is 1. The number of hydrogen-bond acceptors (Lipinski definition) is 2. The van der Waals surface area contributed by atoms with E-state index in [9.17, 15) is 4.39 Å². The van der Waals surface area contributed by atoms with Crippen LogP contribution in [0.5, 0.6) is 0 Å². The molecule has 1 fully saturated rings. The molecule has 0 aliphatic heterocycles. The van der Waals surface area contributed by atoms with Gasteiger partial charge in [0.05, 0.1) is 0 Å². The zero-order valence-corrected chi connectivity index (χ0v) is 13.4. The van der Waals surface area contributed by atoms with E-state index in [0.29, 0.717) is 18.1 Å². The highest BCUT2D eigenvalue weighted by atomic mass is 19.1. The highest BCUT2D eigenvalue weighted by Crippen LogP contribution is 2.32. The first-order chi connectivity index (χ1) is 10.2. The van der Waals surface area contributed by atoms with E-state index < -0.39 is 0 Å². The second kappa shape index (κ2) is 7.90. The van der Waals surface area contributed by atoms with E-state index in [1.165, 1.54) is 18.9 Å². The molecule has 0 saturated heterocycles. The van der Waals surface area contributed by atoms with Gasteiger partial charge in [-0.15, -0.1) is 0 Å². The van der Waals surface area contributed by atoms with Crippen LogP contribution in [0.25, 0.3) is 0 Å². The first kappa shape index (κ1) is 16.4. The van der Waals surface area contributed by atoms with Crippen molar-refractivity contribution >= 4 is 0 Å². The van der Waals surface area contributed by atoms with Crippen molar-refractivity contribution in [1.82, 2.24) is 4.90 Å². The smallest absolute Gasteiger partial charge is 0.123 e. The molecule has 0 amide bonds. The molecule has 21 heavy (non-hydrogen) atoms. The molecule has 0 aromatic heterocycles. The lowest BCUT2D eigenvalue weighted by Crippen LogP contribution is -2.43. The van der Waals surface area contributed by atoms with Crippen LogP contribution in [0.2, 0.25) is 0 Å². The van der Waals surface area contributed by atoms with Crippen molar-refractivity contribution < 1.29 is 4.39 Å². The minimum atomic E-state index is -0.131. The van der Waals surface area contributed by atoms with Crippen LogP contribution in [0.1, 0.15) is 64.0 Å². The summed E-state index contributed by atoms with van der Waals surface area (Å²) in [5, 5.41) is 0. The Morgan fingerprint density at radius 2 is 1.95 bits per heavy atom. The lowest BCUT2D eigenvalue weighted by atomic mass is 9.88. The summed E-state index contributed by atoms with van der Waals surface area (Å²) in [7, 11) is 0. The molecular weight excluding hydrogens is 263 g/mol. The van der Waals surface area contributed by atoms with Crippen molar-refractivity contribution in [2.75, 3.05) is 6.54 Å². The molecule has 3 heteroatoms. The predicted octanol–water partition coefficient (Wildman–Crippen LogP) is 4.26. The quantitative estimate of drug-likeness (QED) is 0.849. The predicted molar refractivity (Wildman–Crippen MR) is 86.7 cm³/mol. The Bertz CT molecular complexity index is 427. The van der Waals surface area contributed by atoms with Gasteiger partial charge >= 0.3 is 0 Å². The summed E-state index contributed by atoms with van der Waals surface area (Å²) in [6, 6.07) is 8.41. The van der Waals surface area contributed by atoms with Crippen LogP contribution in [-0.2, 0) is 0 Å². The average molecular weight is 292 g/mol. The van der Waals surface area contributed by atoms with E-state index in [1.807, 2.05) is 6.07 Å². The SMILES string of the molecule is CCCN(C1CCC(N)CC1)C(CC)c1cccc(F)c1. The minimum Gasteiger partial charge on any atom is -0.328 e. The number of nitrogens with two attached hydrogens (primary N) is 1. The molecule has 1 aromatic carbocycles. The maximum absolute atomic E-state index is 13.6. The summed E-state index contributed by atoms with van der Waals surface area (Å²) in [6.07, 6.45) is 6.73. The van der Waals surface area contributed by atoms with Crippen LogP contribution in [0.4, 0.5) is 4.39 Å². The van der Waals surface area contributed by atoms with E-state index >= 15 is 0 Å². The van der Waals surface area contributed by atoms with Crippen LogP contribution in [-0.4, -0.2) is 23.5 Å². The number of halogens is 1. The molecule has 1 saturated carbocycles. The minimum absolute atomic E-state index is 0.131.